The minimum absolute atomic E-state index is 0.172. The van der Waals surface area contributed by atoms with Crippen molar-refractivity contribution in [3.63, 3.8) is 0 Å². The Labute approximate surface area is 88.0 Å². The molecule has 1 N–H and O–H groups in total. The van der Waals surface area contributed by atoms with E-state index in [9.17, 15) is 14.9 Å². The molecule has 0 bridgehead atoms. The van der Waals surface area contributed by atoms with E-state index in [4.69, 9.17) is 0 Å². The average Bonchev–Trinajstić information content (AvgIpc) is 2.86. The summed E-state index contributed by atoms with van der Waals surface area (Å²) in [5.74, 6) is -1.11. The fraction of sp³-hybridized carbons (Fsp3) is 0. The summed E-state index contributed by atoms with van der Waals surface area (Å²) in [7, 11) is 0. The van der Waals surface area contributed by atoms with E-state index in [0.717, 1.165) is 6.07 Å². The number of hydrogen-bond donors (Lipinski definition) is 1. The largest absolute Gasteiger partial charge is 0.433 e. The van der Waals surface area contributed by atoms with Crippen molar-refractivity contribution in [3.05, 3.63) is 40.3 Å². The Kier molecular flexibility index (Phi) is 2.38. The second-order valence-corrected chi connectivity index (χ2v) is 2.73. The normalized spacial score (nSPS) is 10.0. The summed E-state index contributed by atoms with van der Waals surface area (Å²) < 4.78 is 9.18. The number of rotatable bonds is 3. The second kappa shape index (κ2) is 3.85. The van der Waals surface area contributed by atoms with Gasteiger partial charge in [0.15, 0.2) is 11.6 Å². The van der Waals surface area contributed by atoms with Gasteiger partial charge in [-0.25, -0.2) is 0 Å². The zero-order valence-electron chi connectivity index (χ0n) is 7.75. The van der Waals surface area contributed by atoms with Gasteiger partial charge in [0.25, 0.3) is 5.91 Å². The van der Waals surface area contributed by atoms with Gasteiger partial charge in [-0.2, -0.15) is 0 Å². The number of aromatic nitrogens is 1. The number of carbonyl (C=O) groups is 1. The molecule has 2 rings (SSSR count). The van der Waals surface area contributed by atoms with Crippen LogP contribution in [0.15, 0.2) is 33.4 Å². The third-order valence-electron chi connectivity index (χ3n) is 1.67. The molecule has 0 aliphatic heterocycles. The molecule has 0 aromatic carbocycles. The van der Waals surface area contributed by atoms with Crippen LogP contribution in [0.5, 0.6) is 0 Å². The smallest absolute Gasteiger partial charge is 0.395 e. The standard InChI is InChI=1S/C8H5N3O5/c12-8(9-6-3-4-15-10-6)5-1-2-7(16-5)11(13)14/h1-4H,(H,9,10,12). The highest BCUT2D eigenvalue weighted by molar-refractivity contribution is 6.01. The van der Waals surface area contributed by atoms with Crippen molar-refractivity contribution in [2.45, 2.75) is 0 Å². The van der Waals surface area contributed by atoms with Crippen molar-refractivity contribution in [3.8, 4) is 0 Å². The maximum absolute atomic E-state index is 11.4. The maximum Gasteiger partial charge on any atom is 0.433 e. The molecule has 0 saturated heterocycles. The lowest BCUT2D eigenvalue weighted by Gasteiger charge is -1.95. The molecule has 82 valence electrons. The molecule has 0 radical (unpaired) electrons. The summed E-state index contributed by atoms with van der Waals surface area (Å²) in [6.07, 6.45) is 1.28. The molecular formula is C8H5N3O5. The van der Waals surface area contributed by atoms with Crippen LogP contribution in [0.25, 0.3) is 0 Å². The van der Waals surface area contributed by atoms with E-state index in [-0.39, 0.29) is 11.6 Å². The van der Waals surface area contributed by atoms with E-state index in [1.165, 1.54) is 18.4 Å². The summed E-state index contributed by atoms with van der Waals surface area (Å²) in [6.45, 7) is 0. The predicted octanol–water partition coefficient (Wildman–Crippen LogP) is 1.43. The molecule has 2 aromatic rings. The van der Waals surface area contributed by atoms with Gasteiger partial charge in [-0.05, 0) is 6.07 Å². The van der Waals surface area contributed by atoms with Crippen LogP contribution in [0.2, 0.25) is 0 Å². The molecule has 8 nitrogen and oxygen atoms in total. The zero-order valence-corrected chi connectivity index (χ0v) is 7.75. The van der Waals surface area contributed by atoms with Gasteiger partial charge >= 0.3 is 5.88 Å². The van der Waals surface area contributed by atoms with Gasteiger partial charge in [0, 0.05) is 6.07 Å². The third kappa shape index (κ3) is 1.90. The van der Waals surface area contributed by atoms with Gasteiger partial charge in [-0.1, -0.05) is 5.16 Å². The molecule has 0 atom stereocenters. The Bertz CT molecular complexity index is 516. The molecule has 0 spiro atoms. The maximum atomic E-state index is 11.4. The van der Waals surface area contributed by atoms with Crippen molar-refractivity contribution in [2.75, 3.05) is 5.32 Å². The van der Waals surface area contributed by atoms with Crippen LogP contribution < -0.4 is 5.32 Å². The molecule has 0 saturated carbocycles. The first-order valence-corrected chi connectivity index (χ1v) is 4.13. The number of furan rings is 1. The zero-order chi connectivity index (χ0) is 11.5. The number of anilines is 1. The van der Waals surface area contributed by atoms with Crippen LogP contribution in [0, 0.1) is 10.1 Å². The van der Waals surface area contributed by atoms with Crippen LogP contribution >= 0.6 is 0 Å². The van der Waals surface area contributed by atoms with E-state index >= 15 is 0 Å². The summed E-state index contributed by atoms with van der Waals surface area (Å²) in [4.78, 5) is 21.0. The van der Waals surface area contributed by atoms with E-state index in [1.54, 1.807) is 0 Å². The first kappa shape index (κ1) is 9.90. The van der Waals surface area contributed by atoms with Crippen molar-refractivity contribution < 1.29 is 18.7 Å². The highest BCUT2D eigenvalue weighted by Crippen LogP contribution is 2.16. The first-order chi connectivity index (χ1) is 7.66. The van der Waals surface area contributed by atoms with Crippen LogP contribution in [0.1, 0.15) is 10.6 Å². The SMILES string of the molecule is O=C(Nc1ccon1)c1ccc([N+](=O)[O-])o1. The Morgan fingerprint density at radius 1 is 1.44 bits per heavy atom. The van der Waals surface area contributed by atoms with E-state index < -0.39 is 16.7 Å². The van der Waals surface area contributed by atoms with Crippen molar-refractivity contribution >= 4 is 17.6 Å². The lowest BCUT2D eigenvalue weighted by atomic mass is 10.4. The summed E-state index contributed by atoms with van der Waals surface area (Å²) >= 11 is 0. The molecule has 0 aliphatic carbocycles. The molecule has 0 unspecified atom stereocenters. The molecule has 16 heavy (non-hydrogen) atoms. The topological polar surface area (TPSA) is 111 Å². The number of carbonyl (C=O) groups excluding carboxylic acids is 1. The molecule has 0 fully saturated rings. The van der Waals surface area contributed by atoms with Crippen molar-refractivity contribution in [1.82, 2.24) is 5.16 Å². The van der Waals surface area contributed by atoms with Crippen LogP contribution in [-0.4, -0.2) is 16.0 Å². The number of nitrogens with zero attached hydrogens (tertiary/aromatic N) is 2. The van der Waals surface area contributed by atoms with Crippen LogP contribution in [-0.2, 0) is 0 Å². The fourth-order valence-electron chi connectivity index (χ4n) is 1.00. The number of nitro groups is 1. The van der Waals surface area contributed by atoms with Gasteiger partial charge < -0.3 is 14.3 Å². The second-order valence-electron chi connectivity index (χ2n) is 2.73. The summed E-state index contributed by atoms with van der Waals surface area (Å²) in [5, 5.41) is 16.1. The van der Waals surface area contributed by atoms with Crippen LogP contribution in [0.3, 0.4) is 0 Å². The molecular weight excluding hydrogens is 218 g/mol. The number of hydrogen-bond acceptors (Lipinski definition) is 6. The lowest BCUT2D eigenvalue weighted by molar-refractivity contribution is -0.402. The molecule has 8 heteroatoms. The lowest BCUT2D eigenvalue weighted by Crippen LogP contribution is -2.10. The van der Waals surface area contributed by atoms with Gasteiger partial charge in [0.2, 0.25) is 0 Å². The predicted molar refractivity (Wildman–Crippen MR) is 49.8 cm³/mol. The van der Waals surface area contributed by atoms with Gasteiger partial charge in [-0.3, -0.25) is 14.9 Å². The van der Waals surface area contributed by atoms with E-state index in [2.05, 4.69) is 19.4 Å². The third-order valence-corrected chi connectivity index (χ3v) is 1.67. The number of nitrogens with one attached hydrogen (secondary N) is 1. The van der Waals surface area contributed by atoms with E-state index in [1.807, 2.05) is 0 Å². The highest BCUT2D eigenvalue weighted by Gasteiger charge is 2.17. The Hall–Kier alpha value is -2.64. The Morgan fingerprint density at radius 2 is 2.25 bits per heavy atom. The summed E-state index contributed by atoms with van der Waals surface area (Å²) in [5.41, 5.74) is 0. The Morgan fingerprint density at radius 3 is 2.81 bits per heavy atom. The monoisotopic (exact) mass is 223 g/mol. The molecule has 2 heterocycles. The van der Waals surface area contributed by atoms with Gasteiger partial charge in [0.05, 0.1) is 6.07 Å². The van der Waals surface area contributed by atoms with Crippen molar-refractivity contribution in [1.29, 1.82) is 0 Å². The van der Waals surface area contributed by atoms with Gasteiger partial charge in [-0.15, -0.1) is 0 Å². The first-order valence-electron chi connectivity index (χ1n) is 4.13. The highest BCUT2D eigenvalue weighted by atomic mass is 16.6. The number of amides is 1. The van der Waals surface area contributed by atoms with Crippen molar-refractivity contribution in [2.24, 2.45) is 0 Å². The van der Waals surface area contributed by atoms with Gasteiger partial charge in [0.1, 0.15) is 11.2 Å². The molecule has 0 aliphatic rings. The molecule has 1 amide bonds. The van der Waals surface area contributed by atoms with Crippen LogP contribution in [0.4, 0.5) is 11.7 Å². The molecule has 2 aromatic heterocycles. The average molecular weight is 223 g/mol. The minimum Gasteiger partial charge on any atom is -0.395 e. The minimum atomic E-state index is -0.729. The Balaban J connectivity index is 2.12. The summed E-state index contributed by atoms with van der Waals surface area (Å²) in [6, 6.07) is 3.72. The quantitative estimate of drug-likeness (QED) is 0.622. The fourth-order valence-corrected chi connectivity index (χ4v) is 1.00. The van der Waals surface area contributed by atoms with E-state index in [0.29, 0.717) is 0 Å².